The van der Waals surface area contributed by atoms with Crippen molar-refractivity contribution in [3.63, 3.8) is 0 Å². The molecule has 0 amide bonds. The van der Waals surface area contributed by atoms with Gasteiger partial charge in [-0.15, -0.1) is 11.3 Å². The highest BCUT2D eigenvalue weighted by atomic mass is 32.2. The Hall–Kier alpha value is -0.460. The van der Waals surface area contributed by atoms with Crippen LogP contribution in [0, 0.1) is 5.92 Å². The SMILES string of the molecule is CN(CC[C@H]1CCS(=O)(=O)C1)Cc1cscn1. The molecule has 0 radical (unpaired) electrons. The maximum Gasteiger partial charge on any atom is 0.150 e. The maximum atomic E-state index is 11.3. The molecule has 0 aliphatic carbocycles. The highest BCUT2D eigenvalue weighted by Gasteiger charge is 2.27. The molecule has 0 saturated carbocycles. The van der Waals surface area contributed by atoms with Gasteiger partial charge in [-0.1, -0.05) is 0 Å². The van der Waals surface area contributed by atoms with Gasteiger partial charge >= 0.3 is 0 Å². The zero-order valence-corrected chi connectivity index (χ0v) is 11.6. The largest absolute Gasteiger partial charge is 0.301 e. The van der Waals surface area contributed by atoms with Crippen LogP contribution in [0.4, 0.5) is 0 Å². The van der Waals surface area contributed by atoms with Gasteiger partial charge in [0.15, 0.2) is 9.84 Å². The molecule has 0 bridgehead atoms. The Labute approximate surface area is 107 Å². The van der Waals surface area contributed by atoms with E-state index in [4.69, 9.17) is 0 Å². The van der Waals surface area contributed by atoms with E-state index in [9.17, 15) is 8.42 Å². The van der Waals surface area contributed by atoms with Gasteiger partial charge in [0.1, 0.15) is 0 Å². The van der Waals surface area contributed by atoms with Gasteiger partial charge < -0.3 is 4.90 Å². The molecule has 0 aromatic carbocycles. The first-order valence-corrected chi connectivity index (χ1v) is 8.57. The van der Waals surface area contributed by atoms with Crippen molar-refractivity contribution in [2.75, 3.05) is 25.1 Å². The standard InChI is InChI=1S/C11H18N2O2S2/c1-13(6-11-7-16-9-12-11)4-2-10-3-5-17(14,15)8-10/h7,9-10H,2-6,8H2,1H3/t10-/m0/s1. The summed E-state index contributed by atoms with van der Waals surface area (Å²) in [6.45, 7) is 1.79. The van der Waals surface area contributed by atoms with Crippen molar-refractivity contribution in [3.05, 3.63) is 16.6 Å². The van der Waals surface area contributed by atoms with Crippen LogP contribution < -0.4 is 0 Å². The molecule has 4 nitrogen and oxygen atoms in total. The molecule has 0 spiro atoms. The summed E-state index contributed by atoms with van der Waals surface area (Å²) < 4.78 is 22.6. The van der Waals surface area contributed by atoms with E-state index in [2.05, 4.69) is 22.3 Å². The van der Waals surface area contributed by atoms with Gasteiger partial charge in [-0.2, -0.15) is 0 Å². The van der Waals surface area contributed by atoms with Crippen molar-refractivity contribution in [3.8, 4) is 0 Å². The lowest BCUT2D eigenvalue weighted by atomic mass is 10.1. The minimum absolute atomic E-state index is 0.359. The molecular formula is C11H18N2O2S2. The predicted molar refractivity (Wildman–Crippen MR) is 69.8 cm³/mol. The van der Waals surface area contributed by atoms with Gasteiger partial charge in [-0.05, 0) is 32.4 Å². The van der Waals surface area contributed by atoms with E-state index >= 15 is 0 Å². The number of nitrogens with zero attached hydrogens (tertiary/aromatic N) is 2. The van der Waals surface area contributed by atoms with E-state index in [0.717, 1.165) is 31.6 Å². The van der Waals surface area contributed by atoms with Crippen LogP contribution in [0.3, 0.4) is 0 Å². The Morgan fingerprint density at radius 1 is 1.59 bits per heavy atom. The molecule has 1 atom stereocenters. The average molecular weight is 274 g/mol. The summed E-state index contributed by atoms with van der Waals surface area (Å²) in [5.74, 6) is 1.13. The van der Waals surface area contributed by atoms with Gasteiger partial charge in [0, 0.05) is 11.9 Å². The molecule has 0 N–H and O–H groups in total. The Morgan fingerprint density at radius 3 is 3.00 bits per heavy atom. The van der Waals surface area contributed by atoms with Crippen LogP contribution in [0.25, 0.3) is 0 Å². The van der Waals surface area contributed by atoms with Crippen LogP contribution in [-0.2, 0) is 16.4 Å². The molecule has 1 aromatic rings. The van der Waals surface area contributed by atoms with Gasteiger partial charge in [-0.3, -0.25) is 0 Å². The monoisotopic (exact) mass is 274 g/mol. The Morgan fingerprint density at radius 2 is 2.41 bits per heavy atom. The van der Waals surface area contributed by atoms with Crippen LogP contribution in [0.1, 0.15) is 18.5 Å². The second-order valence-corrected chi connectivity index (χ2v) is 7.72. The Kier molecular flexibility index (Phi) is 4.17. The first-order valence-electron chi connectivity index (χ1n) is 5.81. The molecule has 1 saturated heterocycles. The first-order chi connectivity index (χ1) is 8.05. The highest BCUT2D eigenvalue weighted by molar-refractivity contribution is 7.91. The molecule has 6 heteroatoms. The first kappa shape index (κ1) is 13.0. The molecule has 1 aliphatic heterocycles. The fourth-order valence-electron chi connectivity index (χ4n) is 2.17. The van der Waals surface area contributed by atoms with E-state index < -0.39 is 9.84 Å². The third-order valence-corrected chi connectivity index (χ3v) is 5.63. The number of thiazole rings is 1. The van der Waals surface area contributed by atoms with E-state index in [1.165, 1.54) is 0 Å². The van der Waals surface area contributed by atoms with Crippen LogP contribution in [0.15, 0.2) is 10.9 Å². The summed E-state index contributed by atoms with van der Waals surface area (Å²) in [6.07, 6.45) is 1.81. The minimum atomic E-state index is -2.72. The third-order valence-electron chi connectivity index (χ3n) is 3.16. The van der Waals surface area contributed by atoms with Crippen molar-refractivity contribution in [1.29, 1.82) is 0 Å². The fraction of sp³-hybridized carbons (Fsp3) is 0.727. The summed E-state index contributed by atoms with van der Waals surface area (Å²) in [5.41, 5.74) is 2.93. The summed E-state index contributed by atoms with van der Waals surface area (Å²) >= 11 is 1.61. The van der Waals surface area contributed by atoms with Crippen LogP contribution >= 0.6 is 11.3 Å². The topological polar surface area (TPSA) is 50.3 Å². The van der Waals surface area contributed by atoms with E-state index in [-0.39, 0.29) is 0 Å². The molecule has 96 valence electrons. The van der Waals surface area contributed by atoms with Gasteiger partial charge in [0.05, 0.1) is 22.7 Å². The second-order valence-electron chi connectivity index (χ2n) is 4.78. The molecule has 2 heterocycles. The lowest BCUT2D eigenvalue weighted by Gasteiger charge is -2.17. The molecule has 1 aromatic heterocycles. The number of rotatable bonds is 5. The zero-order chi connectivity index (χ0) is 12.3. The fourth-order valence-corrected chi connectivity index (χ4v) is 4.63. The smallest absolute Gasteiger partial charge is 0.150 e. The predicted octanol–water partition coefficient (Wildman–Crippen LogP) is 1.40. The van der Waals surface area contributed by atoms with Crippen LogP contribution in [0.2, 0.25) is 0 Å². The molecular weight excluding hydrogens is 256 g/mol. The summed E-state index contributed by atoms with van der Waals surface area (Å²) in [7, 11) is -0.664. The maximum absolute atomic E-state index is 11.3. The van der Waals surface area contributed by atoms with Crippen LogP contribution in [0.5, 0.6) is 0 Å². The molecule has 0 unspecified atom stereocenters. The van der Waals surface area contributed by atoms with E-state index in [1.54, 1.807) is 11.3 Å². The second kappa shape index (κ2) is 5.46. The number of sulfone groups is 1. The van der Waals surface area contributed by atoms with Crippen molar-refractivity contribution < 1.29 is 8.42 Å². The van der Waals surface area contributed by atoms with Crippen molar-refractivity contribution in [2.24, 2.45) is 5.92 Å². The van der Waals surface area contributed by atoms with Crippen molar-refractivity contribution in [1.82, 2.24) is 9.88 Å². The summed E-state index contributed by atoms with van der Waals surface area (Å²) in [4.78, 5) is 6.45. The highest BCUT2D eigenvalue weighted by Crippen LogP contribution is 2.21. The quantitative estimate of drug-likeness (QED) is 0.814. The zero-order valence-electron chi connectivity index (χ0n) is 10.0. The van der Waals surface area contributed by atoms with Crippen molar-refractivity contribution >= 4 is 21.2 Å². The summed E-state index contributed by atoms with van der Waals surface area (Å²) in [5, 5.41) is 2.05. The van der Waals surface area contributed by atoms with E-state index in [0.29, 0.717) is 17.4 Å². The lowest BCUT2D eigenvalue weighted by molar-refractivity contribution is 0.297. The molecule has 1 aliphatic rings. The van der Waals surface area contributed by atoms with Gasteiger partial charge in [-0.25, -0.2) is 13.4 Å². The van der Waals surface area contributed by atoms with Gasteiger partial charge in [0.2, 0.25) is 0 Å². The third kappa shape index (κ3) is 4.04. The minimum Gasteiger partial charge on any atom is -0.301 e. The normalized spacial score (nSPS) is 23.3. The van der Waals surface area contributed by atoms with Crippen LogP contribution in [-0.4, -0.2) is 43.4 Å². The summed E-state index contributed by atoms with van der Waals surface area (Å²) in [6, 6.07) is 0. The van der Waals surface area contributed by atoms with E-state index in [1.807, 2.05) is 5.51 Å². The molecule has 1 fully saturated rings. The number of hydrogen-bond donors (Lipinski definition) is 0. The molecule has 2 rings (SSSR count). The Bertz CT molecular complexity index is 442. The number of aromatic nitrogens is 1. The van der Waals surface area contributed by atoms with Crippen molar-refractivity contribution in [2.45, 2.75) is 19.4 Å². The molecule has 17 heavy (non-hydrogen) atoms. The lowest BCUT2D eigenvalue weighted by Crippen LogP contribution is -2.21. The average Bonchev–Trinajstić information content (AvgIpc) is 2.85. The number of hydrogen-bond acceptors (Lipinski definition) is 5. The van der Waals surface area contributed by atoms with Gasteiger partial charge in [0.25, 0.3) is 0 Å². The Balaban J connectivity index is 1.72.